The quantitative estimate of drug-likeness (QED) is 0.500. The van der Waals surface area contributed by atoms with E-state index in [0.717, 1.165) is 22.3 Å². The average Bonchev–Trinajstić information content (AvgIpc) is 2.67. The Morgan fingerprint density at radius 2 is 1.48 bits per heavy atom. The number of aromatic nitrogens is 3. The lowest BCUT2D eigenvalue weighted by molar-refractivity contribution is 0.868. The fraction of sp³-hybridized carbons (Fsp3) is 0.136. The SMILES string of the molecule is CC(C)c1ccccc1-c1cccc(-c2ncc3ccccc3n2)n1. The van der Waals surface area contributed by atoms with Gasteiger partial charge in [0, 0.05) is 17.1 Å². The minimum Gasteiger partial charge on any atom is -0.244 e. The summed E-state index contributed by atoms with van der Waals surface area (Å²) in [6.07, 6.45) is 1.86. The van der Waals surface area contributed by atoms with Gasteiger partial charge in [-0.05, 0) is 29.7 Å². The van der Waals surface area contributed by atoms with Crippen LogP contribution in [0, 0.1) is 0 Å². The Hall–Kier alpha value is -3.07. The number of rotatable bonds is 3. The van der Waals surface area contributed by atoms with Crippen LogP contribution in [0.3, 0.4) is 0 Å². The Morgan fingerprint density at radius 3 is 2.36 bits per heavy atom. The van der Waals surface area contributed by atoms with Crippen molar-refractivity contribution in [3.63, 3.8) is 0 Å². The van der Waals surface area contributed by atoms with Crippen LogP contribution in [0.4, 0.5) is 0 Å². The molecule has 0 amide bonds. The third kappa shape index (κ3) is 3.01. The summed E-state index contributed by atoms with van der Waals surface area (Å²) in [5.74, 6) is 1.10. The van der Waals surface area contributed by atoms with E-state index in [1.54, 1.807) is 0 Å². The molecule has 0 saturated carbocycles. The highest BCUT2D eigenvalue weighted by atomic mass is 14.9. The number of hydrogen-bond donors (Lipinski definition) is 0. The first-order chi connectivity index (χ1) is 12.2. The van der Waals surface area contributed by atoms with E-state index in [-0.39, 0.29) is 0 Å². The van der Waals surface area contributed by atoms with Gasteiger partial charge in [-0.1, -0.05) is 62.4 Å². The highest BCUT2D eigenvalue weighted by Crippen LogP contribution is 2.29. The Morgan fingerprint density at radius 1 is 0.720 bits per heavy atom. The summed E-state index contributed by atoms with van der Waals surface area (Å²) in [5.41, 5.74) is 5.15. The number of hydrogen-bond acceptors (Lipinski definition) is 3. The van der Waals surface area contributed by atoms with Gasteiger partial charge in [0.15, 0.2) is 5.82 Å². The van der Waals surface area contributed by atoms with Crippen LogP contribution in [-0.2, 0) is 0 Å². The van der Waals surface area contributed by atoms with Crippen molar-refractivity contribution < 1.29 is 0 Å². The summed E-state index contributed by atoms with van der Waals surface area (Å²) >= 11 is 0. The van der Waals surface area contributed by atoms with Crippen LogP contribution in [0.2, 0.25) is 0 Å². The van der Waals surface area contributed by atoms with E-state index in [2.05, 4.69) is 48.1 Å². The number of para-hydroxylation sites is 1. The Balaban J connectivity index is 1.82. The molecule has 2 heterocycles. The molecule has 2 aromatic heterocycles. The molecule has 4 rings (SSSR count). The van der Waals surface area contributed by atoms with E-state index in [1.807, 2.05) is 48.7 Å². The molecule has 25 heavy (non-hydrogen) atoms. The second-order valence-electron chi connectivity index (χ2n) is 6.40. The van der Waals surface area contributed by atoms with Crippen LogP contribution in [0.15, 0.2) is 72.9 Å². The van der Waals surface area contributed by atoms with E-state index < -0.39 is 0 Å². The Kier molecular flexibility index (Phi) is 3.98. The number of fused-ring (bicyclic) bond motifs is 1. The smallest absolute Gasteiger partial charge is 0.178 e. The van der Waals surface area contributed by atoms with Gasteiger partial charge in [-0.2, -0.15) is 0 Å². The lowest BCUT2D eigenvalue weighted by Gasteiger charge is -2.12. The molecular weight excluding hydrogens is 306 g/mol. The molecule has 0 bridgehead atoms. The predicted octanol–water partition coefficient (Wildman–Crippen LogP) is 5.48. The van der Waals surface area contributed by atoms with Crippen molar-refractivity contribution in [1.29, 1.82) is 0 Å². The molecule has 0 atom stereocenters. The number of pyridine rings is 1. The summed E-state index contributed by atoms with van der Waals surface area (Å²) in [5, 5.41) is 1.03. The molecule has 0 aliphatic rings. The van der Waals surface area contributed by atoms with Gasteiger partial charge < -0.3 is 0 Å². The molecule has 0 aliphatic carbocycles. The van der Waals surface area contributed by atoms with E-state index in [0.29, 0.717) is 11.7 Å². The third-order valence-electron chi connectivity index (χ3n) is 4.33. The zero-order valence-corrected chi connectivity index (χ0v) is 14.3. The zero-order chi connectivity index (χ0) is 17.2. The van der Waals surface area contributed by atoms with Gasteiger partial charge in [-0.25, -0.2) is 15.0 Å². The molecule has 3 nitrogen and oxygen atoms in total. The zero-order valence-electron chi connectivity index (χ0n) is 14.3. The van der Waals surface area contributed by atoms with Crippen molar-refractivity contribution >= 4 is 10.9 Å². The Bertz CT molecular complexity index is 1040. The van der Waals surface area contributed by atoms with Gasteiger partial charge >= 0.3 is 0 Å². The maximum atomic E-state index is 4.84. The lowest BCUT2D eigenvalue weighted by Crippen LogP contribution is -1.97. The summed E-state index contributed by atoms with van der Waals surface area (Å²) in [6.45, 7) is 4.41. The minimum absolute atomic E-state index is 0.443. The molecule has 0 N–H and O–H groups in total. The van der Waals surface area contributed by atoms with Gasteiger partial charge in [0.1, 0.15) is 5.69 Å². The fourth-order valence-electron chi connectivity index (χ4n) is 3.04. The summed E-state index contributed by atoms with van der Waals surface area (Å²) in [4.78, 5) is 14.0. The molecule has 0 aliphatic heterocycles. The molecule has 4 aromatic rings. The van der Waals surface area contributed by atoms with Gasteiger partial charge in [0.25, 0.3) is 0 Å². The maximum Gasteiger partial charge on any atom is 0.178 e. The van der Waals surface area contributed by atoms with Gasteiger partial charge in [-0.3, -0.25) is 0 Å². The molecule has 0 saturated heterocycles. The van der Waals surface area contributed by atoms with Gasteiger partial charge in [-0.15, -0.1) is 0 Å². The number of benzene rings is 2. The van der Waals surface area contributed by atoms with Crippen molar-refractivity contribution in [2.45, 2.75) is 19.8 Å². The maximum absolute atomic E-state index is 4.84. The molecule has 122 valence electrons. The molecule has 3 heteroatoms. The topological polar surface area (TPSA) is 38.7 Å². The van der Waals surface area contributed by atoms with Crippen LogP contribution in [0.5, 0.6) is 0 Å². The monoisotopic (exact) mass is 325 g/mol. The predicted molar refractivity (Wildman–Crippen MR) is 102 cm³/mol. The normalized spacial score (nSPS) is 11.2. The molecule has 0 radical (unpaired) electrons. The van der Waals surface area contributed by atoms with Crippen molar-refractivity contribution in [2.75, 3.05) is 0 Å². The second kappa shape index (κ2) is 6.44. The van der Waals surface area contributed by atoms with Gasteiger partial charge in [0.2, 0.25) is 0 Å². The molecule has 0 fully saturated rings. The van der Waals surface area contributed by atoms with Crippen LogP contribution in [-0.4, -0.2) is 15.0 Å². The highest BCUT2D eigenvalue weighted by Gasteiger charge is 2.11. The fourth-order valence-corrected chi connectivity index (χ4v) is 3.04. The van der Waals surface area contributed by atoms with Crippen molar-refractivity contribution in [3.8, 4) is 22.8 Å². The number of nitrogens with zero attached hydrogens (tertiary/aromatic N) is 3. The van der Waals surface area contributed by atoms with Gasteiger partial charge in [0.05, 0.1) is 11.2 Å². The molecule has 0 spiro atoms. The van der Waals surface area contributed by atoms with E-state index in [9.17, 15) is 0 Å². The van der Waals surface area contributed by atoms with Crippen molar-refractivity contribution in [1.82, 2.24) is 15.0 Å². The summed E-state index contributed by atoms with van der Waals surface area (Å²) < 4.78 is 0. The van der Waals surface area contributed by atoms with Crippen LogP contribution in [0.25, 0.3) is 33.7 Å². The van der Waals surface area contributed by atoms with E-state index in [4.69, 9.17) is 4.98 Å². The molecular formula is C22H19N3. The third-order valence-corrected chi connectivity index (χ3v) is 4.33. The van der Waals surface area contributed by atoms with Crippen LogP contribution in [0.1, 0.15) is 25.3 Å². The first-order valence-corrected chi connectivity index (χ1v) is 8.51. The highest BCUT2D eigenvalue weighted by molar-refractivity contribution is 5.79. The van der Waals surface area contributed by atoms with Crippen molar-refractivity contribution in [3.05, 3.63) is 78.5 Å². The molecule has 2 aromatic carbocycles. The van der Waals surface area contributed by atoms with E-state index >= 15 is 0 Å². The first kappa shape index (κ1) is 15.5. The Labute approximate surface area is 147 Å². The largest absolute Gasteiger partial charge is 0.244 e. The minimum atomic E-state index is 0.443. The standard InChI is InChI=1S/C22H19N3/c1-15(2)17-9-4-5-10-18(17)20-12-7-13-21(24-20)22-23-14-16-8-3-6-11-19(16)25-22/h3-15H,1-2H3. The molecule has 0 unspecified atom stereocenters. The first-order valence-electron chi connectivity index (χ1n) is 8.51. The summed E-state index contributed by atoms with van der Waals surface area (Å²) in [7, 11) is 0. The van der Waals surface area contributed by atoms with E-state index in [1.165, 1.54) is 11.1 Å². The van der Waals surface area contributed by atoms with Crippen molar-refractivity contribution in [2.24, 2.45) is 0 Å². The summed E-state index contributed by atoms with van der Waals surface area (Å²) in [6, 6.07) is 22.5. The van der Waals surface area contributed by atoms with Crippen LogP contribution >= 0.6 is 0 Å². The lowest BCUT2D eigenvalue weighted by atomic mass is 9.95. The average molecular weight is 325 g/mol. The second-order valence-corrected chi connectivity index (χ2v) is 6.40. The van der Waals surface area contributed by atoms with Crippen LogP contribution < -0.4 is 0 Å².